The van der Waals surface area contributed by atoms with Crippen LogP contribution in [0.2, 0.25) is 5.02 Å². The van der Waals surface area contributed by atoms with Crippen molar-refractivity contribution in [2.24, 2.45) is 5.41 Å². The van der Waals surface area contributed by atoms with Crippen LogP contribution in [0.4, 0.5) is 4.39 Å². The Hall–Kier alpha value is -1.13. The van der Waals surface area contributed by atoms with Crippen LogP contribution >= 0.6 is 11.6 Å². The van der Waals surface area contributed by atoms with Crippen molar-refractivity contribution in [2.75, 3.05) is 6.54 Å². The Labute approximate surface area is 111 Å². The van der Waals surface area contributed by atoms with E-state index in [-0.39, 0.29) is 5.82 Å². The molecule has 1 aromatic carbocycles. The van der Waals surface area contributed by atoms with Gasteiger partial charge in [-0.05, 0) is 44.5 Å². The molecule has 0 spiro atoms. The minimum Gasteiger partial charge on any atom is -0.481 e. The molecule has 0 aliphatic carbocycles. The van der Waals surface area contributed by atoms with Crippen molar-refractivity contribution < 1.29 is 14.3 Å². The molecular weight excluding hydrogens is 257 g/mol. The number of aliphatic carboxylic acids is 1. The first-order chi connectivity index (χ1) is 8.33. The highest BCUT2D eigenvalue weighted by Crippen LogP contribution is 2.20. The molecule has 3 nitrogen and oxygen atoms in total. The highest BCUT2D eigenvalue weighted by atomic mass is 35.5. The average molecular weight is 274 g/mol. The smallest absolute Gasteiger partial charge is 0.309 e. The summed E-state index contributed by atoms with van der Waals surface area (Å²) in [5, 5.41) is 12.4. The Bertz CT molecular complexity index is 435. The normalized spacial score (nSPS) is 11.6. The van der Waals surface area contributed by atoms with Gasteiger partial charge in [-0.3, -0.25) is 4.79 Å². The zero-order chi connectivity index (χ0) is 13.8. The van der Waals surface area contributed by atoms with Gasteiger partial charge in [-0.2, -0.15) is 0 Å². The van der Waals surface area contributed by atoms with E-state index in [0.29, 0.717) is 24.5 Å². The van der Waals surface area contributed by atoms with Crippen LogP contribution in [0.3, 0.4) is 0 Å². The fourth-order valence-corrected chi connectivity index (χ4v) is 1.63. The van der Waals surface area contributed by atoms with Gasteiger partial charge in [0, 0.05) is 11.6 Å². The lowest BCUT2D eigenvalue weighted by Gasteiger charge is -2.19. The summed E-state index contributed by atoms with van der Waals surface area (Å²) in [6.45, 7) is 4.42. The Morgan fingerprint density at radius 1 is 1.50 bits per heavy atom. The van der Waals surface area contributed by atoms with Crippen LogP contribution in [0.5, 0.6) is 0 Å². The lowest BCUT2D eigenvalue weighted by atomic mass is 9.90. The predicted octanol–water partition coefficient (Wildman–Crippen LogP) is 3.07. The molecule has 0 aliphatic heterocycles. The first-order valence-electron chi connectivity index (χ1n) is 5.71. The number of nitrogens with one attached hydrogen (secondary N) is 1. The molecule has 5 heteroatoms. The van der Waals surface area contributed by atoms with E-state index < -0.39 is 11.4 Å². The van der Waals surface area contributed by atoms with Crippen molar-refractivity contribution in [1.29, 1.82) is 0 Å². The van der Waals surface area contributed by atoms with Crippen LogP contribution in [0.1, 0.15) is 25.8 Å². The van der Waals surface area contributed by atoms with Crippen molar-refractivity contribution in [2.45, 2.75) is 26.8 Å². The Morgan fingerprint density at radius 2 is 2.17 bits per heavy atom. The molecule has 0 saturated carbocycles. The topological polar surface area (TPSA) is 49.3 Å². The molecule has 0 heterocycles. The van der Waals surface area contributed by atoms with Gasteiger partial charge in [-0.25, -0.2) is 4.39 Å². The third-order valence-corrected chi connectivity index (χ3v) is 3.19. The highest BCUT2D eigenvalue weighted by Gasteiger charge is 2.26. The minimum absolute atomic E-state index is 0.365. The summed E-state index contributed by atoms with van der Waals surface area (Å²) in [6, 6.07) is 4.23. The lowest BCUT2D eigenvalue weighted by Crippen LogP contribution is -2.28. The van der Waals surface area contributed by atoms with E-state index in [2.05, 4.69) is 5.32 Å². The third kappa shape index (κ3) is 4.27. The molecule has 0 bridgehead atoms. The summed E-state index contributed by atoms with van der Waals surface area (Å²) in [6.07, 6.45) is 0.515. The summed E-state index contributed by atoms with van der Waals surface area (Å²) in [5.41, 5.74) is 0.0470. The summed E-state index contributed by atoms with van der Waals surface area (Å²) in [5.74, 6) is -1.18. The van der Waals surface area contributed by atoms with Crippen molar-refractivity contribution in [3.63, 3.8) is 0 Å². The van der Waals surface area contributed by atoms with Crippen LogP contribution in [0, 0.1) is 11.2 Å². The molecule has 0 aromatic heterocycles. The molecule has 2 N–H and O–H groups in total. The first-order valence-corrected chi connectivity index (χ1v) is 6.09. The van der Waals surface area contributed by atoms with E-state index in [1.54, 1.807) is 19.9 Å². The molecule has 0 saturated heterocycles. The summed E-state index contributed by atoms with van der Waals surface area (Å²) in [7, 11) is 0. The quantitative estimate of drug-likeness (QED) is 0.783. The van der Waals surface area contributed by atoms with Crippen molar-refractivity contribution >= 4 is 17.6 Å². The maximum absolute atomic E-state index is 12.8. The molecule has 0 unspecified atom stereocenters. The van der Waals surface area contributed by atoms with Crippen LogP contribution in [0.15, 0.2) is 18.2 Å². The zero-order valence-corrected chi connectivity index (χ0v) is 11.2. The number of hydrogen-bond acceptors (Lipinski definition) is 2. The second-order valence-corrected chi connectivity index (χ2v) is 5.26. The predicted molar refractivity (Wildman–Crippen MR) is 69.2 cm³/mol. The summed E-state index contributed by atoms with van der Waals surface area (Å²) in [4.78, 5) is 10.9. The van der Waals surface area contributed by atoms with E-state index in [1.807, 2.05) is 0 Å². The van der Waals surface area contributed by atoms with Gasteiger partial charge >= 0.3 is 5.97 Å². The highest BCUT2D eigenvalue weighted by molar-refractivity contribution is 6.31. The van der Waals surface area contributed by atoms with Gasteiger partial charge in [-0.15, -0.1) is 0 Å². The molecular formula is C13H17ClFNO2. The Kier molecular flexibility index (Phi) is 5.11. The van der Waals surface area contributed by atoms with Gasteiger partial charge in [0.1, 0.15) is 5.82 Å². The van der Waals surface area contributed by atoms with Crippen LogP contribution in [0.25, 0.3) is 0 Å². The maximum Gasteiger partial charge on any atom is 0.309 e. The fourth-order valence-electron chi connectivity index (χ4n) is 1.40. The van der Waals surface area contributed by atoms with Crippen LogP contribution in [-0.4, -0.2) is 17.6 Å². The first kappa shape index (κ1) is 14.9. The molecule has 0 fully saturated rings. The van der Waals surface area contributed by atoms with Gasteiger partial charge in [0.15, 0.2) is 0 Å². The lowest BCUT2D eigenvalue weighted by molar-refractivity contribution is -0.147. The number of carboxylic acids is 1. The standard InChI is InChI=1S/C13H17ClFNO2/c1-13(2,12(17)18)5-6-16-8-9-3-4-10(15)7-11(9)14/h3-4,7,16H,5-6,8H2,1-2H3,(H,17,18). The van der Waals surface area contributed by atoms with E-state index >= 15 is 0 Å². The number of carboxylic acid groups (broad SMARTS) is 1. The Morgan fingerprint density at radius 3 is 2.72 bits per heavy atom. The molecule has 18 heavy (non-hydrogen) atoms. The molecule has 0 aliphatic rings. The number of halogens is 2. The largest absolute Gasteiger partial charge is 0.481 e. The van der Waals surface area contributed by atoms with Crippen molar-refractivity contribution in [3.05, 3.63) is 34.6 Å². The fraction of sp³-hybridized carbons (Fsp3) is 0.462. The maximum atomic E-state index is 12.8. The molecule has 1 aromatic rings. The van der Waals surface area contributed by atoms with E-state index in [1.165, 1.54) is 12.1 Å². The minimum atomic E-state index is -0.816. The van der Waals surface area contributed by atoms with Gasteiger partial charge in [0.05, 0.1) is 5.41 Å². The zero-order valence-electron chi connectivity index (χ0n) is 10.5. The molecule has 1 rings (SSSR count). The van der Waals surface area contributed by atoms with Gasteiger partial charge in [-0.1, -0.05) is 17.7 Å². The summed E-state index contributed by atoms with van der Waals surface area (Å²) >= 11 is 5.87. The van der Waals surface area contributed by atoms with Crippen LogP contribution < -0.4 is 5.32 Å². The van der Waals surface area contributed by atoms with E-state index in [4.69, 9.17) is 16.7 Å². The summed E-state index contributed by atoms with van der Waals surface area (Å²) < 4.78 is 12.8. The second kappa shape index (κ2) is 6.16. The second-order valence-electron chi connectivity index (χ2n) is 4.85. The number of rotatable bonds is 6. The molecule has 0 amide bonds. The van der Waals surface area contributed by atoms with Gasteiger partial charge in [0.2, 0.25) is 0 Å². The van der Waals surface area contributed by atoms with Gasteiger partial charge < -0.3 is 10.4 Å². The molecule has 100 valence electrons. The van der Waals surface area contributed by atoms with E-state index in [9.17, 15) is 9.18 Å². The number of hydrogen-bond donors (Lipinski definition) is 2. The van der Waals surface area contributed by atoms with E-state index in [0.717, 1.165) is 5.56 Å². The molecule has 0 atom stereocenters. The SMILES string of the molecule is CC(C)(CCNCc1ccc(F)cc1Cl)C(=O)O. The van der Waals surface area contributed by atoms with Crippen molar-refractivity contribution in [1.82, 2.24) is 5.32 Å². The Balaban J connectivity index is 2.41. The molecule has 0 radical (unpaired) electrons. The van der Waals surface area contributed by atoms with Gasteiger partial charge in [0.25, 0.3) is 0 Å². The number of benzene rings is 1. The number of carbonyl (C=O) groups is 1. The monoisotopic (exact) mass is 273 g/mol. The van der Waals surface area contributed by atoms with Crippen LogP contribution in [-0.2, 0) is 11.3 Å². The average Bonchev–Trinajstić information content (AvgIpc) is 2.26. The van der Waals surface area contributed by atoms with Crippen molar-refractivity contribution in [3.8, 4) is 0 Å². The third-order valence-electron chi connectivity index (χ3n) is 2.84.